The van der Waals surface area contributed by atoms with Gasteiger partial charge in [0.15, 0.2) is 17.5 Å². The molecule has 0 fully saturated rings. The van der Waals surface area contributed by atoms with Gasteiger partial charge in [0.05, 0.1) is 0 Å². The minimum Gasteiger partial charge on any atom is -0.455 e. The Hall–Kier alpha value is -7.43. The maximum Gasteiger partial charge on any atom is 0.164 e. The first-order valence-electron chi connectivity index (χ1n) is 18.5. The lowest BCUT2D eigenvalue weighted by molar-refractivity contribution is 0.670. The van der Waals surface area contributed by atoms with Crippen LogP contribution < -0.4 is 0 Å². The summed E-state index contributed by atoms with van der Waals surface area (Å²) in [5.74, 6) is 1.83. The number of hydrogen-bond acceptors (Lipinski definition) is 4. The van der Waals surface area contributed by atoms with Crippen molar-refractivity contribution in [2.24, 2.45) is 0 Å². The van der Waals surface area contributed by atoms with Crippen molar-refractivity contribution in [3.05, 3.63) is 188 Å². The summed E-state index contributed by atoms with van der Waals surface area (Å²) in [5, 5.41) is 8.86. The van der Waals surface area contributed by atoms with E-state index in [4.69, 9.17) is 19.4 Å². The highest BCUT2D eigenvalue weighted by molar-refractivity contribution is 6.18. The fourth-order valence-electron chi connectivity index (χ4n) is 8.12. The SMILES string of the molecule is c1ccc(-c2ccc(-c3ccc(-c4nc(-c5ccc6ccccc6c5)nc(-c5cccc6ccccc56)n4)c4c3oc3ccccc34)c3ccccc23)cc1. The fraction of sp³-hybridized carbons (Fsp3) is 0. The van der Waals surface area contributed by atoms with Crippen molar-refractivity contribution in [2.45, 2.75) is 0 Å². The number of para-hydroxylation sites is 1. The third-order valence-electron chi connectivity index (χ3n) is 10.7. The Kier molecular flexibility index (Phi) is 7.14. The zero-order chi connectivity index (χ0) is 36.3. The molecule has 0 spiro atoms. The second-order valence-corrected chi connectivity index (χ2v) is 13.9. The molecule has 0 bridgehead atoms. The van der Waals surface area contributed by atoms with Gasteiger partial charge < -0.3 is 4.42 Å². The lowest BCUT2D eigenvalue weighted by Gasteiger charge is -2.14. The minimum absolute atomic E-state index is 0.591. The zero-order valence-corrected chi connectivity index (χ0v) is 29.6. The average molecular weight is 702 g/mol. The molecule has 11 rings (SSSR count). The molecule has 4 nitrogen and oxygen atoms in total. The second kappa shape index (κ2) is 12.6. The Morgan fingerprint density at radius 3 is 1.73 bits per heavy atom. The first kappa shape index (κ1) is 31.1. The van der Waals surface area contributed by atoms with E-state index < -0.39 is 0 Å². The normalized spacial score (nSPS) is 11.6. The van der Waals surface area contributed by atoms with E-state index in [1.54, 1.807) is 0 Å². The van der Waals surface area contributed by atoms with E-state index in [9.17, 15) is 0 Å². The van der Waals surface area contributed by atoms with Gasteiger partial charge in [-0.3, -0.25) is 0 Å². The molecule has 0 saturated carbocycles. The Morgan fingerprint density at radius 2 is 0.891 bits per heavy atom. The van der Waals surface area contributed by atoms with Crippen molar-refractivity contribution in [1.29, 1.82) is 0 Å². The lowest BCUT2D eigenvalue weighted by atomic mass is 9.90. The van der Waals surface area contributed by atoms with Gasteiger partial charge in [0.2, 0.25) is 0 Å². The summed E-state index contributed by atoms with van der Waals surface area (Å²) in [7, 11) is 0. The molecule has 0 aliphatic heterocycles. The van der Waals surface area contributed by atoms with Gasteiger partial charge in [0.25, 0.3) is 0 Å². The first-order valence-corrected chi connectivity index (χ1v) is 18.5. The summed E-state index contributed by atoms with van der Waals surface area (Å²) >= 11 is 0. The number of nitrogens with zero attached hydrogens (tertiary/aromatic N) is 3. The molecule has 0 atom stereocenters. The molecule has 9 aromatic carbocycles. The first-order chi connectivity index (χ1) is 27.3. The van der Waals surface area contributed by atoms with Gasteiger partial charge in [0, 0.05) is 33.0 Å². The summed E-state index contributed by atoms with van der Waals surface area (Å²) < 4.78 is 6.83. The van der Waals surface area contributed by atoms with E-state index in [1.165, 1.54) is 21.9 Å². The van der Waals surface area contributed by atoms with Gasteiger partial charge in [-0.05, 0) is 73.3 Å². The minimum atomic E-state index is 0.591. The van der Waals surface area contributed by atoms with Crippen LogP contribution in [0.1, 0.15) is 0 Å². The molecule has 0 aliphatic carbocycles. The van der Waals surface area contributed by atoms with Crippen LogP contribution in [0, 0.1) is 0 Å². The molecule has 4 heteroatoms. The van der Waals surface area contributed by atoms with Gasteiger partial charge in [-0.2, -0.15) is 0 Å². The predicted molar refractivity (Wildman–Crippen MR) is 227 cm³/mol. The van der Waals surface area contributed by atoms with Crippen LogP contribution in [0.3, 0.4) is 0 Å². The second-order valence-electron chi connectivity index (χ2n) is 13.9. The summed E-state index contributed by atoms with van der Waals surface area (Å²) in [6, 6.07) is 65.7. The third kappa shape index (κ3) is 5.19. The van der Waals surface area contributed by atoms with Gasteiger partial charge in [-0.1, -0.05) is 164 Å². The molecule has 0 N–H and O–H groups in total. The van der Waals surface area contributed by atoms with Crippen LogP contribution in [-0.2, 0) is 0 Å². The van der Waals surface area contributed by atoms with Crippen LogP contribution in [0.15, 0.2) is 192 Å². The van der Waals surface area contributed by atoms with Crippen LogP contribution in [0.5, 0.6) is 0 Å². The van der Waals surface area contributed by atoms with Crippen molar-refractivity contribution >= 4 is 54.3 Å². The summed E-state index contributed by atoms with van der Waals surface area (Å²) in [4.78, 5) is 15.7. The molecule has 256 valence electrons. The van der Waals surface area contributed by atoms with Crippen molar-refractivity contribution in [1.82, 2.24) is 15.0 Å². The van der Waals surface area contributed by atoms with Gasteiger partial charge in [0.1, 0.15) is 11.2 Å². The summed E-state index contributed by atoms with van der Waals surface area (Å²) in [6.07, 6.45) is 0. The number of furan rings is 1. The largest absolute Gasteiger partial charge is 0.455 e. The highest BCUT2D eigenvalue weighted by Gasteiger charge is 2.22. The highest BCUT2D eigenvalue weighted by Crippen LogP contribution is 2.44. The van der Waals surface area contributed by atoms with E-state index in [0.717, 1.165) is 71.3 Å². The molecule has 11 aromatic rings. The predicted octanol–water partition coefficient (Wildman–Crippen LogP) is 13.6. The number of fused-ring (bicyclic) bond motifs is 6. The Balaban J connectivity index is 1.18. The van der Waals surface area contributed by atoms with Crippen molar-refractivity contribution in [2.75, 3.05) is 0 Å². The standard InChI is InChI=1S/C51H31N3O/c1-2-14-33(15-3-1)38-27-28-41(40-21-9-8-20-39(38)40)42-29-30-45(47-44-22-10-11-24-46(44)55-48(42)47)51-53-49(36-26-25-32-13-4-5-17-35(32)31-36)52-50(54-51)43-23-12-18-34-16-6-7-19-37(34)43/h1-31H. The van der Waals surface area contributed by atoms with E-state index in [2.05, 4.69) is 176 Å². The smallest absolute Gasteiger partial charge is 0.164 e. The monoisotopic (exact) mass is 701 g/mol. The van der Waals surface area contributed by atoms with Crippen LogP contribution in [0.25, 0.3) is 111 Å². The Bertz CT molecular complexity index is 3270. The zero-order valence-electron chi connectivity index (χ0n) is 29.6. The van der Waals surface area contributed by atoms with E-state index in [0.29, 0.717) is 17.5 Å². The summed E-state index contributed by atoms with van der Waals surface area (Å²) in [5.41, 5.74) is 8.90. The number of rotatable bonds is 5. The third-order valence-corrected chi connectivity index (χ3v) is 10.7. The van der Waals surface area contributed by atoms with Crippen LogP contribution in [0.2, 0.25) is 0 Å². The number of hydrogen-bond donors (Lipinski definition) is 0. The Morgan fingerprint density at radius 1 is 0.309 bits per heavy atom. The van der Waals surface area contributed by atoms with Gasteiger partial charge >= 0.3 is 0 Å². The Labute approximate surface area is 317 Å². The molecule has 0 amide bonds. The molecule has 0 aliphatic rings. The quantitative estimate of drug-likeness (QED) is 0.179. The maximum absolute atomic E-state index is 6.83. The van der Waals surface area contributed by atoms with E-state index >= 15 is 0 Å². The molecule has 0 radical (unpaired) electrons. The van der Waals surface area contributed by atoms with Crippen molar-refractivity contribution in [3.63, 3.8) is 0 Å². The van der Waals surface area contributed by atoms with Crippen molar-refractivity contribution < 1.29 is 4.42 Å². The van der Waals surface area contributed by atoms with Crippen LogP contribution >= 0.6 is 0 Å². The highest BCUT2D eigenvalue weighted by atomic mass is 16.3. The molecule has 2 aromatic heterocycles. The number of aromatic nitrogens is 3. The fourth-order valence-corrected chi connectivity index (χ4v) is 8.12. The average Bonchev–Trinajstić information content (AvgIpc) is 3.65. The van der Waals surface area contributed by atoms with E-state index in [1.807, 2.05) is 12.1 Å². The van der Waals surface area contributed by atoms with Crippen LogP contribution in [0.4, 0.5) is 0 Å². The molecule has 2 heterocycles. The van der Waals surface area contributed by atoms with E-state index in [-0.39, 0.29) is 0 Å². The number of benzene rings is 9. The van der Waals surface area contributed by atoms with Crippen molar-refractivity contribution in [3.8, 4) is 56.4 Å². The van der Waals surface area contributed by atoms with Gasteiger partial charge in [-0.25, -0.2) is 15.0 Å². The molecular weight excluding hydrogens is 671 g/mol. The molecule has 55 heavy (non-hydrogen) atoms. The van der Waals surface area contributed by atoms with Crippen LogP contribution in [-0.4, -0.2) is 15.0 Å². The topological polar surface area (TPSA) is 51.8 Å². The van der Waals surface area contributed by atoms with Gasteiger partial charge in [-0.15, -0.1) is 0 Å². The lowest BCUT2D eigenvalue weighted by Crippen LogP contribution is -2.01. The summed E-state index contributed by atoms with van der Waals surface area (Å²) in [6.45, 7) is 0. The maximum atomic E-state index is 6.83. The molecule has 0 unspecified atom stereocenters. The molecular formula is C51H31N3O. The molecule has 0 saturated heterocycles.